The molecule has 0 radical (unpaired) electrons. The Kier molecular flexibility index (Phi) is 4.85. The van der Waals surface area contributed by atoms with Crippen molar-refractivity contribution in [3.05, 3.63) is 64.0 Å². The predicted molar refractivity (Wildman–Crippen MR) is 109 cm³/mol. The van der Waals surface area contributed by atoms with E-state index in [1.54, 1.807) is 17.4 Å². The van der Waals surface area contributed by atoms with Crippen molar-refractivity contribution in [1.82, 2.24) is 10.6 Å². The first-order valence-corrected chi connectivity index (χ1v) is 9.91. The number of thiophene rings is 1. The minimum absolute atomic E-state index is 0.0952. The fourth-order valence-electron chi connectivity index (χ4n) is 3.10. The second-order valence-electron chi connectivity index (χ2n) is 6.58. The Labute approximate surface area is 161 Å². The molecule has 26 heavy (non-hydrogen) atoms. The molecular weight excluding hydrogens is 366 g/mol. The second kappa shape index (κ2) is 7.27. The number of anilines is 1. The smallest absolute Gasteiger partial charge is 0.253 e. The van der Waals surface area contributed by atoms with Gasteiger partial charge >= 0.3 is 0 Å². The van der Waals surface area contributed by atoms with E-state index in [2.05, 4.69) is 33.5 Å². The molecule has 1 saturated heterocycles. The summed E-state index contributed by atoms with van der Waals surface area (Å²) in [4.78, 5) is 12.8. The van der Waals surface area contributed by atoms with Crippen LogP contribution in [0.5, 0.6) is 0 Å². The van der Waals surface area contributed by atoms with E-state index in [9.17, 15) is 4.79 Å². The molecule has 0 unspecified atom stereocenters. The van der Waals surface area contributed by atoms with Crippen molar-refractivity contribution in [2.24, 2.45) is 0 Å². The van der Waals surface area contributed by atoms with E-state index in [1.165, 1.54) is 10.1 Å². The van der Waals surface area contributed by atoms with Crippen LogP contribution in [0, 0.1) is 0 Å². The monoisotopic (exact) mass is 385 g/mol. The fraction of sp³-hybridized carbons (Fsp3) is 0.250. The molecule has 3 N–H and O–H groups in total. The third-order valence-electron chi connectivity index (χ3n) is 4.69. The van der Waals surface area contributed by atoms with Crippen LogP contribution >= 0.6 is 22.9 Å². The maximum atomic E-state index is 12.8. The summed E-state index contributed by atoms with van der Waals surface area (Å²) in [6, 6.07) is 14.1. The van der Waals surface area contributed by atoms with Crippen molar-refractivity contribution in [3.63, 3.8) is 0 Å². The highest BCUT2D eigenvalue weighted by Gasteiger charge is 2.19. The Morgan fingerprint density at radius 1 is 1.27 bits per heavy atom. The Morgan fingerprint density at radius 3 is 2.85 bits per heavy atom. The SMILES string of the molecule is C[C@@H](NC(=O)c1cc(NC2CNC2)ccc1Cl)c1csc2ccccc12. The highest BCUT2D eigenvalue weighted by Crippen LogP contribution is 2.30. The van der Waals surface area contributed by atoms with Crippen LogP contribution < -0.4 is 16.0 Å². The number of fused-ring (bicyclic) bond motifs is 1. The second-order valence-corrected chi connectivity index (χ2v) is 7.89. The Morgan fingerprint density at radius 2 is 2.08 bits per heavy atom. The van der Waals surface area contributed by atoms with Crippen LogP contribution in [-0.4, -0.2) is 25.0 Å². The highest BCUT2D eigenvalue weighted by atomic mass is 35.5. The first kappa shape index (κ1) is 17.3. The first-order valence-electron chi connectivity index (χ1n) is 8.65. The maximum Gasteiger partial charge on any atom is 0.253 e. The molecular formula is C20H20ClN3OS. The van der Waals surface area contributed by atoms with Gasteiger partial charge < -0.3 is 16.0 Å². The van der Waals surface area contributed by atoms with Crippen LogP contribution in [0.2, 0.25) is 5.02 Å². The van der Waals surface area contributed by atoms with E-state index in [0.717, 1.165) is 24.3 Å². The lowest BCUT2D eigenvalue weighted by Gasteiger charge is -2.29. The van der Waals surface area contributed by atoms with Gasteiger partial charge in [0.25, 0.3) is 5.91 Å². The lowest BCUT2D eigenvalue weighted by molar-refractivity contribution is 0.0940. The molecule has 1 atom stereocenters. The predicted octanol–water partition coefficient (Wildman–Crippen LogP) is 4.43. The first-order chi connectivity index (χ1) is 12.6. The van der Waals surface area contributed by atoms with E-state index < -0.39 is 0 Å². The summed E-state index contributed by atoms with van der Waals surface area (Å²) in [5.41, 5.74) is 2.54. The van der Waals surface area contributed by atoms with Gasteiger partial charge in [0.05, 0.1) is 22.7 Å². The number of nitrogens with one attached hydrogen (secondary N) is 3. The van der Waals surface area contributed by atoms with Gasteiger partial charge in [-0.05, 0) is 47.5 Å². The molecule has 1 aliphatic heterocycles. The summed E-state index contributed by atoms with van der Waals surface area (Å²) in [6.07, 6.45) is 0. The van der Waals surface area contributed by atoms with Gasteiger partial charge in [-0.2, -0.15) is 0 Å². The molecule has 4 nitrogen and oxygen atoms in total. The Balaban J connectivity index is 1.52. The van der Waals surface area contributed by atoms with Crippen molar-refractivity contribution in [3.8, 4) is 0 Å². The number of rotatable bonds is 5. The molecule has 134 valence electrons. The van der Waals surface area contributed by atoms with Gasteiger partial charge in [-0.1, -0.05) is 29.8 Å². The molecule has 0 saturated carbocycles. The van der Waals surface area contributed by atoms with Crippen LogP contribution in [-0.2, 0) is 0 Å². The maximum absolute atomic E-state index is 12.8. The lowest BCUT2D eigenvalue weighted by Crippen LogP contribution is -2.51. The minimum atomic E-state index is -0.159. The minimum Gasteiger partial charge on any atom is -0.380 e. The zero-order valence-corrected chi connectivity index (χ0v) is 16.0. The molecule has 1 aromatic heterocycles. The molecule has 3 aromatic rings. The van der Waals surface area contributed by atoms with Crippen molar-refractivity contribution < 1.29 is 4.79 Å². The van der Waals surface area contributed by atoms with Crippen LogP contribution in [0.15, 0.2) is 47.8 Å². The summed E-state index contributed by atoms with van der Waals surface area (Å²) < 4.78 is 1.22. The number of amides is 1. The molecule has 0 spiro atoms. The molecule has 0 aliphatic carbocycles. The van der Waals surface area contributed by atoms with Gasteiger partial charge in [-0.3, -0.25) is 4.79 Å². The van der Waals surface area contributed by atoms with Crippen molar-refractivity contribution in [2.45, 2.75) is 19.0 Å². The molecule has 1 fully saturated rings. The van der Waals surface area contributed by atoms with Gasteiger partial charge in [0.15, 0.2) is 0 Å². The average molecular weight is 386 g/mol. The summed E-state index contributed by atoms with van der Waals surface area (Å²) in [6.45, 7) is 3.88. The topological polar surface area (TPSA) is 53.2 Å². The van der Waals surface area contributed by atoms with Gasteiger partial charge in [0, 0.05) is 23.5 Å². The molecule has 1 aliphatic rings. The van der Waals surface area contributed by atoms with E-state index >= 15 is 0 Å². The van der Waals surface area contributed by atoms with Crippen LogP contribution in [0.4, 0.5) is 5.69 Å². The quantitative estimate of drug-likeness (QED) is 0.609. The average Bonchev–Trinajstić information content (AvgIpc) is 3.03. The molecule has 1 amide bonds. The van der Waals surface area contributed by atoms with Crippen molar-refractivity contribution in [2.75, 3.05) is 18.4 Å². The van der Waals surface area contributed by atoms with Gasteiger partial charge in [-0.25, -0.2) is 0 Å². The summed E-state index contributed by atoms with van der Waals surface area (Å²) >= 11 is 7.97. The Bertz CT molecular complexity index is 951. The van der Waals surface area contributed by atoms with E-state index in [1.807, 2.05) is 31.2 Å². The molecule has 0 bridgehead atoms. The third kappa shape index (κ3) is 3.43. The van der Waals surface area contributed by atoms with Gasteiger partial charge in [0.2, 0.25) is 0 Å². The number of carbonyl (C=O) groups is 1. The standard InChI is InChI=1S/C20H20ClN3OS/c1-12(17-11-26-19-5-3-2-4-15(17)19)23-20(25)16-8-13(6-7-18(16)21)24-14-9-22-10-14/h2-8,11-12,14,22,24H,9-10H2,1H3,(H,23,25)/t12-/m1/s1. The lowest BCUT2D eigenvalue weighted by atomic mass is 10.1. The number of hydrogen-bond acceptors (Lipinski definition) is 4. The number of hydrogen-bond donors (Lipinski definition) is 3. The van der Waals surface area contributed by atoms with Crippen LogP contribution in [0.25, 0.3) is 10.1 Å². The van der Waals surface area contributed by atoms with E-state index in [4.69, 9.17) is 11.6 Å². The number of halogens is 1. The number of benzene rings is 2. The summed E-state index contributed by atoms with van der Waals surface area (Å²) in [5.74, 6) is -0.159. The molecule has 6 heteroatoms. The highest BCUT2D eigenvalue weighted by molar-refractivity contribution is 7.17. The van der Waals surface area contributed by atoms with Crippen molar-refractivity contribution in [1.29, 1.82) is 0 Å². The molecule has 4 rings (SSSR count). The van der Waals surface area contributed by atoms with Crippen LogP contribution in [0.3, 0.4) is 0 Å². The molecule has 2 aromatic carbocycles. The van der Waals surface area contributed by atoms with Gasteiger partial charge in [0.1, 0.15) is 0 Å². The molecule has 2 heterocycles. The van der Waals surface area contributed by atoms with E-state index in [-0.39, 0.29) is 11.9 Å². The van der Waals surface area contributed by atoms with Crippen molar-refractivity contribution >= 4 is 44.6 Å². The zero-order chi connectivity index (χ0) is 18.1. The Hall–Kier alpha value is -2.08. The van der Waals surface area contributed by atoms with E-state index in [0.29, 0.717) is 16.6 Å². The normalized spacial score (nSPS) is 15.5. The zero-order valence-electron chi connectivity index (χ0n) is 14.4. The third-order valence-corrected chi connectivity index (χ3v) is 6.00. The number of carbonyl (C=O) groups excluding carboxylic acids is 1. The van der Waals surface area contributed by atoms with Gasteiger partial charge in [-0.15, -0.1) is 11.3 Å². The fourth-order valence-corrected chi connectivity index (χ4v) is 4.36. The summed E-state index contributed by atoms with van der Waals surface area (Å²) in [7, 11) is 0. The largest absolute Gasteiger partial charge is 0.380 e. The van der Waals surface area contributed by atoms with Crippen LogP contribution in [0.1, 0.15) is 28.9 Å². The summed E-state index contributed by atoms with van der Waals surface area (Å²) in [5, 5.41) is 13.5.